The molecular weight excluding hydrogens is 329 g/mol. The van der Waals surface area contributed by atoms with Gasteiger partial charge in [-0.2, -0.15) is 0 Å². The Kier molecular flexibility index (Phi) is 5.21. The minimum atomic E-state index is -4.46. The zero-order chi connectivity index (χ0) is 16.2. The zero-order valence-electron chi connectivity index (χ0n) is 11.3. The van der Waals surface area contributed by atoms with Crippen LogP contribution in [0.25, 0.3) is 0 Å². The van der Waals surface area contributed by atoms with Gasteiger partial charge in [-0.05, 0) is 36.4 Å². The first-order valence-corrected chi connectivity index (χ1v) is 8.18. The van der Waals surface area contributed by atoms with E-state index in [1.807, 2.05) is 0 Å². The number of ether oxygens (including phenoxy) is 1. The maximum Gasteiger partial charge on any atom is 0.359 e. The lowest BCUT2D eigenvalue weighted by molar-refractivity contribution is -0.118. The number of carbonyl (C=O) groups is 1. The van der Waals surface area contributed by atoms with E-state index in [0.29, 0.717) is 10.7 Å². The predicted molar refractivity (Wildman–Crippen MR) is 83.7 cm³/mol. The van der Waals surface area contributed by atoms with Crippen LogP contribution in [0, 0.1) is 0 Å². The summed E-state index contributed by atoms with van der Waals surface area (Å²) in [7, 11) is -4.46. The third-order valence-corrected chi connectivity index (χ3v) is 3.91. The maximum absolute atomic E-state index is 11.8. The molecule has 0 atom stereocenters. The van der Waals surface area contributed by atoms with E-state index in [0.717, 1.165) is 0 Å². The van der Waals surface area contributed by atoms with Crippen LogP contribution in [0.1, 0.15) is 0 Å². The monoisotopic (exact) mass is 341 g/mol. The van der Waals surface area contributed by atoms with Crippen molar-refractivity contribution in [2.45, 2.75) is 0 Å². The summed E-state index contributed by atoms with van der Waals surface area (Å²) in [4.78, 5) is 30.2. The largest absolute Gasteiger partial charge is 0.483 e. The summed E-state index contributed by atoms with van der Waals surface area (Å²) in [5.41, 5.74) is 0.543. The fraction of sp³-hybridized carbons (Fsp3) is 0.0714. The molecule has 0 aromatic heterocycles. The molecule has 6 nitrogen and oxygen atoms in total. The van der Waals surface area contributed by atoms with Crippen molar-refractivity contribution in [3.05, 3.63) is 53.6 Å². The predicted octanol–water partition coefficient (Wildman–Crippen LogP) is 2.16. The van der Waals surface area contributed by atoms with Crippen LogP contribution in [0.5, 0.6) is 5.75 Å². The van der Waals surface area contributed by atoms with Gasteiger partial charge in [-0.25, -0.2) is 0 Å². The van der Waals surface area contributed by atoms with Crippen molar-refractivity contribution >= 4 is 36.1 Å². The molecule has 0 bridgehead atoms. The molecule has 0 unspecified atom stereocenters. The van der Waals surface area contributed by atoms with Crippen LogP contribution in [0.3, 0.4) is 0 Å². The van der Waals surface area contributed by atoms with Crippen LogP contribution in [-0.2, 0) is 9.36 Å². The molecule has 8 heteroatoms. The van der Waals surface area contributed by atoms with E-state index in [9.17, 15) is 19.1 Å². The molecule has 3 N–H and O–H groups in total. The number of hydrogen-bond donors (Lipinski definition) is 3. The summed E-state index contributed by atoms with van der Waals surface area (Å²) >= 11 is 5.74. The summed E-state index contributed by atoms with van der Waals surface area (Å²) in [6.45, 7) is -0.375. The molecule has 2 aromatic carbocycles. The number of para-hydroxylation sites is 1. The van der Waals surface area contributed by atoms with Crippen molar-refractivity contribution in [1.29, 1.82) is 0 Å². The Bertz CT molecular complexity index is 713. The minimum absolute atomic E-state index is 0.0258. The molecule has 0 saturated carbocycles. The molecule has 116 valence electrons. The third kappa shape index (κ3) is 4.58. The zero-order valence-corrected chi connectivity index (χ0v) is 12.9. The number of nitrogens with one attached hydrogen (secondary N) is 1. The smallest absolute Gasteiger partial charge is 0.359 e. The number of anilines is 1. The normalized spacial score (nSPS) is 11.0. The lowest BCUT2D eigenvalue weighted by Gasteiger charge is -2.12. The van der Waals surface area contributed by atoms with Crippen molar-refractivity contribution in [2.24, 2.45) is 0 Å². The average Bonchev–Trinajstić information content (AvgIpc) is 2.47. The van der Waals surface area contributed by atoms with Crippen LogP contribution in [0.15, 0.2) is 48.5 Å². The van der Waals surface area contributed by atoms with Crippen molar-refractivity contribution < 1.29 is 23.9 Å². The Morgan fingerprint density at radius 2 is 1.77 bits per heavy atom. The van der Waals surface area contributed by atoms with Gasteiger partial charge in [-0.15, -0.1) is 0 Å². The highest BCUT2D eigenvalue weighted by atomic mass is 35.5. The molecule has 0 saturated heterocycles. The molecule has 0 aliphatic carbocycles. The van der Waals surface area contributed by atoms with E-state index in [4.69, 9.17) is 16.3 Å². The molecule has 0 fully saturated rings. The van der Waals surface area contributed by atoms with Gasteiger partial charge >= 0.3 is 7.60 Å². The first kappa shape index (κ1) is 16.5. The quantitative estimate of drug-likeness (QED) is 0.724. The van der Waals surface area contributed by atoms with Gasteiger partial charge in [-0.1, -0.05) is 23.7 Å². The second kappa shape index (κ2) is 6.94. The summed E-state index contributed by atoms with van der Waals surface area (Å²) in [6.07, 6.45) is 0. The molecule has 0 aliphatic heterocycles. The Labute approximate surface area is 131 Å². The topological polar surface area (TPSA) is 95.9 Å². The number of amides is 1. The van der Waals surface area contributed by atoms with Crippen LogP contribution >= 0.6 is 19.2 Å². The molecule has 22 heavy (non-hydrogen) atoms. The van der Waals surface area contributed by atoms with Gasteiger partial charge < -0.3 is 19.8 Å². The summed E-state index contributed by atoms with van der Waals surface area (Å²) < 4.78 is 16.5. The number of halogens is 1. The lowest BCUT2D eigenvalue weighted by Crippen LogP contribution is -2.22. The van der Waals surface area contributed by atoms with E-state index >= 15 is 0 Å². The van der Waals surface area contributed by atoms with Crippen LogP contribution in [-0.4, -0.2) is 22.3 Å². The highest BCUT2D eigenvalue weighted by Gasteiger charge is 2.22. The number of rotatable bonds is 5. The average molecular weight is 342 g/mol. The summed E-state index contributed by atoms with van der Waals surface area (Å²) in [5.74, 6) is -0.482. The Morgan fingerprint density at radius 1 is 1.14 bits per heavy atom. The summed E-state index contributed by atoms with van der Waals surface area (Å²) in [5, 5.41) is 2.87. The van der Waals surface area contributed by atoms with Gasteiger partial charge in [0.25, 0.3) is 5.91 Å². The lowest BCUT2D eigenvalue weighted by atomic mass is 10.3. The van der Waals surface area contributed by atoms with Gasteiger partial charge in [0.15, 0.2) is 6.61 Å². The van der Waals surface area contributed by atoms with Gasteiger partial charge in [-0.3, -0.25) is 9.36 Å². The minimum Gasteiger partial charge on any atom is -0.483 e. The van der Waals surface area contributed by atoms with Gasteiger partial charge in [0, 0.05) is 10.7 Å². The van der Waals surface area contributed by atoms with Crippen LogP contribution in [0.4, 0.5) is 5.69 Å². The third-order valence-electron chi connectivity index (χ3n) is 2.67. The molecule has 2 rings (SSSR count). The first-order valence-electron chi connectivity index (χ1n) is 6.19. The molecule has 0 heterocycles. The van der Waals surface area contributed by atoms with Crippen LogP contribution in [0.2, 0.25) is 5.02 Å². The first-order chi connectivity index (χ1) is 10.4. The van der Waals surface area contributed by atoms with Gasteiger partial charge in [0.05, 0.1) is 0 Å². The number of hydrogen-bond acceptors (Lipinski definition) is 3. The molecule has 0 aliphatic rings. The van der Waals surface area contributed by atoms with Gasteiger partial charge in [0.2, 0.25) is 0 Å². The van der Waals surface area contributed by atoms with E-state index in [2.05, 4.69) is 5.32 Å². The van der Waals surface area contributed by atoms with Crippen molar-refractivity contribution in [2.75, 3.05) is 11.9 Å². The Hall–Kier alpha value is -1.85. The van der Waals surface area contributed by atoms with Crippen LogP contribution < -0.4 is 15.4 Å². The highest BCUT2D eigenvalue weighted by molar-refractivity contribution is 7.60. The molecular formula is C14H13ClNO5P. The Morgan fingerprint density at radius 3 is 2.41 bits per heavy atom. The second-order valence-electron chi connectivity index (χ2n) is 4.36. The molecule has 2 aromatic rings. The SMILES string of the molecule is O=C(COc1ccccc1P(=O)(O)O)Nc1ccc(Cl)cc1. The number of carbonyl (C=O) groups excluding carboxylic acids is 1. The van der Waals surface area contributed by atoms with Gasteiger partial charge in [0.1, 0.15) is 11.1 Å². The second-order valence-corrected chi connectivity index (χ2v) is 6.36. The molecule has 1 amide bonds. The molecule has 0 radical (unpaired) electrons. The van der Waals surface area contributed by atoms with Crippen molar-refractivity contribution in [3.8, 4) is 5.75 Å². The van der Waals surface area contributed by atoms with E-state index < -0.39 is 13.5 Å². The fourth-order valence-corrected chi connectivity index (χ4v) is 2.53. The standard InChI is InChI=1S/C14H13ClNO5P/c15-10-5-7-11(8-6-10)16-14(17)9-21-12-3-1-2-4-13(12)22(18,19)20/h1-8H,9H2,(H,16,17)(H2,18,19,20). The summed E-state index contributed by atoms with van der Waals surface area (Å²) in [6, 6.07) is 12.2. The van der Waals surface area contributed by atoms with E-state index in [1.165, 1.54) is 18.2 Å². The highest BCUT2D eigenvalue weighted by Crippen LogP contribution is 2.37. The van der Waals surface area contributed by atoms with E-state index in [1.54, 1.807) is 30.3 Å². The maximum atomic E-state index is 11.8. The Balaban J connectivity index is 2.00. The van der Waals surface area contributed by atoms with Crippen molar-refractivity contribution in [1.82, 2.24) is 0 Å². The molecule has 0 spiro atoms. The number of benzene rings is 2. The fourth-order valence-electron chi connectivity index (χ4n) is 1.69. The van der Waals surface area contributed by atoms with E-state index in [-0.39, 0.29) is 17.7 Å². The van der Waals surface area contributed by atoms with Crippen molar-refractivity contribution in [3.63, 3.8) is 0 Å².